The SMILES string of the molecule is CCCOc1nc(C)no1. The van der Waals surface area contributed by atoms with Crippen molar-refractivity contribution in [1.82, 2.24) is 10.1 Å². The van der Waals surface area contributed by atoms with Crippen LogP contribution in [0.1, 0.15) is 19.2 Å². The molecule has 1 aromatic heterocycles. The maximum Gasteiger partial charge on any atom is 0.417 e. The third-order valence-corrected chi connectivity index (χ3v) is 0.939. The topological polar surface area (TPSA) is 48.2 Å². The van der Waals surface area contributed by atoms with Crippen LogP contribution in [-0.2, 0) is 0 Å². The number of rotatable bonds is 3. The minimum Gasteiger partial charge on any atom is -0.449 e. The van der Waals surface area contributed by atoms with Crippen LogP contribution in [-0.4, -0.2) is 16.7 Å². The Morgan fingerprint density at radius 1 is 1.60 bits per heavy atom. The zero-order chi connectivity index (χ0) is 7.40. The van der Waals surface area contributed by atoms with Crippen molar-refractivity contribution in [3.05, 3.63) is 5.82 Å². The molecule has 0 radical (unpaired) electrons. The highest BCUT2D eigenvalue weighted by Crippen LogP contribution is 2.04. The van der Waals surface area contributed by atoms with E-state index in [1.807, 2.05) is 6.92 Å². The fraction of sp³-hybridized carbons (Fsp3) is 0.667. The first-order valence-electron chi connectivity index (χ1n) is 3.26. The first-order chi connectivity index (χ1) is 4.83. The highest BCUT2D eigenvalue weighted by atomic mass is 16.6. The summed E-state index contributed by atoms with van der Waals surface area (Å²) in [6, 6.07) is 0. The van der Waals surface area contributed by atoms with Gasteiger partial charge in [0.2, 0.25) is 0 Å². The average Bonchev–Trinajstić information content (AvgIpc) is 2.31. The van der Waals surface area contributed by atoms with Crippen molar-refractivity contribution in [2.75, 3.05) is 6.61 Å². The van der Waals surface area contributed by atoms with Crippen molar-refractivity contribution in [3.8, 4) is 6.08 Å². The van der Waals surface area contributed by atoms with Gasteiger partial charge in [0.05, 0.1) is 6.61 Å². The number of aryl methyl sites for hydroxylation is 1. The number of nitrogens with zero attached hydrogens (tertiary/aromatic N) is 2. The van der Waals surface area contributed by atoms with Crippen molar-refractivity contribution in [2.45, 2.75) is 20.3 Å². The van der Waals surface area contributed by atoms with Crippen molar-refractivity contribution < 1.29 is 9.26 Å². The van der Waals surface area contributed by atoms with Crippen LogP contribution >= 0.6 is 0 Å². The molecule has 10 heavy (non-hydrogen) atoms. The second-order valence-electron chi connectivity index (χ2n) is 1.96. The maximum absolute atomic E-state index is 5.04. The van der Waals surface area contributed by atoms with E-state index in [9.17, 15) is 0 Å². The molecule has 0 amide bonds. The first kappa shape index (κ1) is 7.05. The minimum atomic E-state index is 0.263. The van der Waals surface area contributed by atoms with E-state index in [1.165, 1.54) is 0 Å². The van der Waals surface area contributed by atoms with E-state index < -0.39 is 0 Å². The van der Waals surface area contributed by atoms with Gasteiger partial charge in [-0.25, -0.2) is 0 Å². The van der Waals surface area contributed by atoms with Gasteiger partial charge in [0.15, 0.2) is 5.82 Å². The van der Waals surface area contributed by atoms with Crippen LogP contribution in [0.25, 0.3) is 0 Å². The lowest BCUT2D eigenvalue weighted by Gasteiger charge is -1.93. The molecule has 0 aromatic carbocycles. The Balaban J connectivity index is 2.42. The Hall–Kier alpha value is -1.06. The second-order valence-corrected chi connectivity index (χ2v) is 1.96. The van der Waals surface area contributed by atoms with Crippen LogP contribution in [0.4, 0.5) is 0 Å². The third kappa shape index (κ3) is 1.72. The summed E-state index contributed by atoms with van der Waals surface area (Å²) in [6.45, 7) is 4.40. The van der Waals surface area contributed by atoms with Gasteiger partial charge < -0.3 is 4.74 Å². The quantitative estimate of drug-likeness (QED) is 0.635. The Bertz CT molecular complexity index is 197. The molecule has 0 spiro atoms. The maximum atomic E-state index is 5.04. The highest BCUT2D eigenvalue weighted by molar-refractivity contribution is 4.86. The molecule has 56 valence electrons. The standard InChI is InChI=1S/C6H10N2O2/c1-3-4-9-6-7-5(2)8-10-6/h3-4H2,1-2H3. The third-order valence-electron chi connectivity index (χ3n) is 0.939. The minimum absolute atomic E-state index is 0.263. The van der Waals surface area contributed by atoms with Crippen LogP contribution in [0.15, 0.2) is 4.52 Å². The molecule has 0 N–H and O–H groups in total. The van der Waals surface area contributed by atoms with Gasteiger partial charge in [0, 0.05) is 0 Å². The fourth-order valence-electron chi connectivity index (χ4n) is 0.526. The molecule has 0 aliphatic carbocycles. The molecule has 0 saturated heterocycles. The van der Waals surface area contributed by atoms with E-state index in [-0.39, 0.29) is 6.08 Å². The van der Waals surface area contributed by atoms with Crippen molar-refractivity contribution in [2.24, 2.45) is 0 Å². The van der Waals surface area contributed by atoms with Crippen LogP contribution in [0, 0.1) is 6.92 Å². The Morgan fingerprint density at radius 3 is 2.90 bits per heavy atom. The van der Waals surface area contributed by atoms with Gasteiger partial charge in [-0.2, -0.15) is 4.98 Å². The summed E-state index contributed by atoms with van der Waals surface area (Å²) < 4.78 is 9.72. The van der Waals surface area contributed by atoms with Gasteiger partial charge >= 0.3 is 6.08 Å². The lowest BCUT2D eigenvalue weighted by atomic mass is 10.5. The number of hydrogen-bond donors (Lipinski definition) is 0. The molecular weight excluding hydrogens is 132 g/mol. The van der Waals surface area contributed by atoms with Gasteiger partial charge in [0.25, 0.3) is 0 Å². The smallest absolute Gasteiger partial charge is 0.417 e. The predicted molar refractivity (Wildman–Crippen MR) is 34.8 cm³/mol. The normalized spacial score (nSPS) is 9.80. The molecule has 0 saturated carbocycles. The van der Waals surface area contributed by atoms with Gasteiger partial charge in [-0.1, -0.05) is 12.1 Å². The molecule has 0 fully saturated rings. The number of aromatic nitrogens is 2. The summed E-state index contributed by atoms with van der Waals surface area (Å²) in [4.78, 5) is 3.85. The molecule has 1 heterocycles. The molecular formula is C6H10N2O2. The summed E-state index contributed by atoms with van der Waals surface area (Å²) >= 11 is 0. The number of hydrogen-bond acceptors (Lipinski definition) is 4. The molecule has 4 nitrogen and oxygen atoms in total. The Morgan fingerprint density at radius 2 is 2.40 bits per heavy atom. The van der Waals surface area contributed by atoms with E-state index in [2.05, 4.69) is 14.7 Å². The monoisotopic (exact) mass is 142 g/mol. The van der Waals surface area contributed by atoms with Crippen molar-refractivity contribution in [3.63, 3.8) is 0 Å². The lowest BCUT2D eigenvalue weighted by molar-refractivity contribution is 0.204. The average molecular weight is 142 g/mol. The first-order valence-corrected chi connectivity index (χ1v) is 3.26. The molecule has 0 aliphatic heterocycles. The predicted octanol–water partition coefficient (Wildman–Crippen LogP) is 1.17. The number of ether oxygens (including phenoxy) is 1. The van der Waals surface area contributed by atoms with Gasteiger partial charge in [-0.05, 0) is 13.3 Å². The largest absolute Gasteiger partial charge is 0.449 e. The summed E-state index contributed by atoms with van der Waals surface area (Å²) in [6.07, 6.45) is 1.21. The molecule has 1 rings (SSSR count). The Labute approximate surface area is 59.2 Å². The van der Waals surface area contributed by atoms with E-state index in [0.29, 0.717) is 12.4 Å². The van der Waals surface area contributed by atoms with E-state index in [0.717, 1.165) is 6.42 Å². The molecule has 1 aromatic rings. The summed E-state index contributed by atoms with van der Waals surface area (Å²) in [7, 11) is 0. The van der Waals surface area contributed by atoms with Crippen LogP contribution in [0.3, 0.4) is 0 Å². The van der Waals surface area contributed by atoms with Crippen LogP contribution in [0.2, 0.25) is 0 Å². The molecule has 4 heteroatoms. The fourth-order valence-corrected chi connectivity index (χ4v) is 0.526. The summed E-state index contributed by atoms with van der Waals surface area (Å²) in [5.74, 6) is 0.603. The highest BCUT2D eigenvalue weighted by Gasteiger charge is 2.00. The lowest BCUT2D eigenvalue weighted by Crippen LogP contribution is -1.94. The summed E-state index contributed by atoms with van der Waals surface area (Å²) in [5.41, 5.74) is 0. The second kappa shape index (κ2) is 3.20. The van der Waals surface area contributed by atoms with Gasteiger partial charge in [-0.3, -0.25) is 4.52 Å². The zero-order valence-electron chi connectivity index (χ0n) is 6.13. The zero-order valence-corrected chi connectivity index (χ0v) is 6.13. The summed E-state index contributed by atoms with van der Waals surface area (Å²) in [5, 5.41) is 3.56. The molecule has 0 bridgehead atoms. The van der Waals surface area contributed by atoms with E-state index in [1.54, 1.807) is 6.92 Å². The van der Waals surface area contributed by atoms with Crippen LogP contribution < -0.4 is 4.74 Å². The molecule has 0 atom stereocenters. The van der Waals surface area contributed by atoms with E-state index >= 15 is 0 Å². The van der Waals surface area contributed by atoms with Crippen LogP contribution in [0.5, 0.6) is 6.08 Å². The molecule has 0 unspecified atom stereocenters. The van der Waals surface area contributed by atoms with Gasteiger partial charge in [-0.15, -0.1) is 0 Å². The van der Waals surface area contributed by atoms with Crippen molar-refractivity contribution >= 4 is 0 Å². The molecule has 0 aliphatic rings. The Kier molecular flexibility index (Phi) is 2.25. The van der Waals surface area contributed by atoms with E-state index in [4.69, 9.17) is 4.74 Å². The van der Waals surface area contributed by atoms with Crippen molar-refractivity contribution in [1.29, 1.82) is 0 Å². The van der Waals surface area contributed by atoms with Gasteiger partial charge in [0.1, 0.15) is 0 Å².